The summed E-state index contributed by atoms with van der Waals surface area (Å²) >= 11 is 5.85. The number of rotatable bonds is 3. The third-order valence-corrected chi connectivity index (χ3v) is 3.23. The third kappa shape index (κ3) is 4.42. The Balaban J connectivity index is 2.23. The SMILES string of the molecule is CC(C)(Cl)C(=O)OC[C@H]1CC[C@H](C)CC1. The van der Waals surface area contributed by atoms with Gasteiger partial charge in [-0.3, -0.25) is 4.79 Å². The van der Waals surface area contributed by atoms with E-state index in [0.29, 0.717) is 12.5 Å². The molecule has 0 heterocycles. The predicted octanol–water partition coefficient (Wildman–Crippen LogP) is 3.37. The molecular weight excluding hydrogens is 212 g/mol. The summed E-state index contributed by atoms with van der Waals surface area (Å²) in [5.74, 6) is 1.08. The second-order valence-electron chi connectivity index (χ2n) is 5.20. The molecule has 1 saturated carbocycles. The number of carbonyl (C=O) groups is 1. The number of hydrogen-bond acceptors (Lipinski definition) is 2. The first-order valence-electron chi connectivity index (χ1n) is 5.75. The van der Waals surface area contributed by atoms with Crippen LogP contribution in [0.25, 0.3) is 0 Å². The Bertz CT molecular complexity index is 212. The summed E-state index contributed by atoms with van der Waals surface area (Å²) in [5, 5.41) is 0. The fourth-order valence-corrected chi connectivity index (χ4v) is 1.92. The molecule has 0 saturated heterocycles. The van der Waals surface area contributed by atoms with E-state index in [2.05, 4.69) is 6.92 Å². The smallest absolute Gasteiger partial charge is 0.326 e. The first-order chi connectivity index (χ1) is 6.89. The van der Waals surface area contributed by atoms with Crippen LogP contribution in [0.3, 0.4) is 0 Å². The van der Waals surface area contributed by atoms with Crippen LogP contribution in [-0.4, -0.2) is 17.5 Å². The number of hydrogen-bond donors (Lipinski definition) is 0. The zero-order chi connectivity index (χ0) is 11.5. The van der Waals surface area contributed by atoms with Gasteiger partial charge < -0.3 is 4.74 Å². The summed E-state index contributed by atoms with van der Waals surface area (Å²) in [5.41, 5.74) is 0. The van der Waals surface area contributed by atoms with E-state index < -0.39 is 4.87 Å². The Morgan fingerprint density at radius 1 is 1.33 bits per heavy atom. The lowest BCUT2D eigenvalue weighted by Crippen LogP contribution is -2.29. The molecule has 1 aliphatic rings. The molecule has 0 aromatic heterocycles. The van der Waals surface area contributed by atoms with Crippen molar-refractivity contribution >= 4 is 17.6 Å². The van der Waals surface area contributed by atoms with Crippen molar-refractivity contribution in [1.82, 2.24) is 0 Å². The van der Waals surface area contributed by atoms with Crippen molar-refractivity contribution < 1.29 is 9.53 Å². The van der Waals surface area contributed by atoms with E-state index in [9.17, 15) is 4.79 Å². The van der Waals surface area contributed by atoms with Gasteiger partial charge in [-0.15, -0.1) is 11.6 Å². The van der Waals surface area contributed by atoms with Gasteiger partial charge in [0, 0.05) is 0 Å². The van der Waals surface area contributed by atoms with Gasteiger partial charge in [0.25, 0.3) is 0 Å². The molecule has 0 N–H and O–H groups in total. The first kappa shape index (κ1) is 12.8. The maximum atomic E-state index is 11.4. The van der Waals surface area contributed by atoms with E-state index in [1.165, 1.54) is 25.7 Å². The van der Waals surface area contributed by atoms with Crippen LogP contribution in [0.1, 0.15) is 46.5 Å². The van der Waals surface area contributed by atoms with Crippen LogP contribution in [0, 0.1) is 11.8 Å². The Morgan fingerprint density at radius 2 is 1.87 bits per heavy atom. The van der Waals surface area contributed by atoms with Gasteiger partial charge in [-0.1, -0.05) is 19.8 Å². The van der Waals surface area contributed by atoms with Gasteiger partial charge in [0.05, 0.1) is 6.61 Å². The maximum Gasteiger partial charge on any atom is 0.326 e. The van der Waals surface area contributed by atoms with Crippen molar-refractivity contribution in [3.63, 3.8) is 0 Å². The number of alkyl halides is 1. The van der Waals surface area contributed by atoms with E-state index in [-0.39, 0.29) is 5.97 Å². The highest BCUT2D eigenvalue weighted by Crippen LogP contribution is 2.28. The molecular formula is C12H21ClO2. The van der Waals surface area contributed by atoms with Crippen molar-refractivity contribution in [2.45, 2.75) is 51.3 Å². The molecule has 1 fully saturated rings. The number of esters is 1. The molecule has 2 nitrogen and oxygen atoms in total. The van der Waals surface area contributed by atoms with E-state index >= 15 is 0 Å². The Labute approximate surface area is 97.3 Å². The van der Waals surface area contributed by atoms with Crippen LogP contribution in [0.15, 0.2) is 0 Å². The van der Waals surface area contributed by atoms with E-state index in [1.54, 1.807) is 13.8 Å². The quantitative estimate of drug-likeness (QED) is 0.551. The second kappa shape index (κ2) is 5.20. The largest absolute Gasteiger partial charge is 0.464 e. The molecule has 1 aliphatic carbocycles. The van der Waals surface area contributed by atoms with E-state index in [0.717, 1.165) is 5.92 Å². The minimum Gasteiger partial charge on any atom is -0.464 e. The second-order valence-corrected chi connectivity index (χ2v) is 6.14. The van der Waals surface area contributed by atoms with Crippen LogP contribution >= 0.6 is 11.6 Å². The predicted molar refractivity (Wildman–Crippen MR) is 62.0 cm³/mol. The topological polar surface area (TPSA) is 26.3 Å². The summed E-state index contributed by atoms with van der Waals surface area (Å²) in [6, 6.07) is 0. The van der Waals surface area contributed by atoms with Gasteiger partial charge in [0.1, 0.15) is 4.87 Å². The minimum atomic E-state index is -0.887. The van der Waals surface area contributed by atoms with E-state index in [4.69, 9.17) is 16.3 Å². The molecule has 0 bridgehead atoms. The highest BCUT2D eigenvalue weighted by Gasteiger charge is 2.27. The molecule has 88 valence electrons. The Hall–Kier alpha value is -0.240. The molecule has 1 rings (SSSR count). The van der Waals surface area contributed by atoms with Crippen molar-refractivity contribution in [2.24, 2.45) is 11.8 Å². The average molecular weight is 233 g/mol. The van der Waals surface area contributed by atoms with Gasteiger partial charge in [-0.2, -0.15) is 0 Å². The van der Waals surface area contributed by atoms with Gasteiger partial charge in [-0.25, -0.2) is 0 Å². The van der Waals surface area contributed by atoms with Gasteiger partial charge >= 0.3 is 5.97 Å². The molecule has 0 aromatic rings. The molecule has 0 unspecified atom stereocenters. The van der Waals surface area contributed by atoms with Crippen molar-refractivity contribution in [3.8, 4) is 0 Å². The highest BCUT2D eigenvalue weighted by molar-refractivity contribution is 6.33. The Morgan fingerprint density at radius 3 is 2.33 bits per heavy atom. The minimum absolute atomic E-state index is 0.303. The number of carbonyl (C=O) groups excluding carboxylic acids is 1. The van der Waals surface area contributed by atoms with Crippen LogP contribution in [0.4, 0.5) is 0 Å². The van der Waals surface area contributed by atoms with Gasteiger partial charge in [-0.05, 0) is 38.5 Å². The summed E-state index contributed by atoms with van der Waals surface area (Å²) < 4.78 is 5.21. The lowest BCUT2D eigenvalue weighted by Gasteiger charge is -2.26. The molecule has 0 spiro atoms. The Kier molecular flexibility index (Phi) is 4.45. The number of ether oxygens (including phenoxy) is 1. The van der Waals surface area contributed by atoms with Crippen LogP contribution < -0.4 is 0 Å². The standard InChI is InChI=1S/C12H21ClO2/c1-9-4-6-10(7-5-9)8-15-11(14)12(2,3)13/h9-10H,4-8H2,1-3H3/t9-,10-. The molecule has 0 amide bonds. The fourth-order valence-electron chi connectivity index (χ4n) is 1.86. The molecule has 0 atom stereocenters. The zero-order valence-corrected chi connectivity index (χ0v) is 10.6. The van der Waals surface area contributed by atoms with Crippen LogP contribution in [-0.2, 0) is 9.53 Å². The zero-order valence-electron chi connectivity index (χ0n) is 9.88. The molecule has 0 aromatic carbocycles. The normalized spacial score (nSPS) is 27.5. The summed E-state index contributed by atoms with van der Waals surface area (Å²) in [6.45, 7) is 6.16. The molecule has 0 aliphatic heterocycles. The summed E-state index contributed by atoms with van der Waals surface area (Å²) in [7, 11) is 0. The highest BCUT2D eigenvalue weighted by atomic mass is 35.5. The molecule has 3 heteroatoms. The molecule has 0 radical (unpaired) electrons. The van der Waals surface area contributed by atoms with Crippen molar-refractivity contribution in [3.05, 3.63) is 0 Å². The summed E-state index contributed by atoms with van der Waals surface area (Å²) in [4.78, 5) is 10.5. The summed E-state index contributed by atoms with van der Waals surface area (Å²) in [6.07, 6.45) is 4.87. The van der Waals surface area contributed by atoms with Crippen molar-refractivity contribution in [2.75, 3.05) is 6.61 Å². The average Bonchev–Trinajstić information content (AvgIpc) is 2.15. The lowest BCUT2D eigenvalue weighted by molar-refractivity contribution is -0.147. The van der Waals surface area contributed by atoms with Gasteiger partial charge in [0.15, 0.2) is 0 Å². The van der Waals surface area contributed by atoms with Crippen LogP contribution in [0.5, 0.6) is 0 Å². The lowest BCUT2D eigenvalue weighted by atomic mass is 9.83. The maximum absolute atomic E-state index is 11.4. The van der Waals surface area contributed by atoms with Crippen LogP contribution in [0.2, 0.25) is 0 Å². The van der Waals surface area contributed by atoms with E-state index in [1.807, 2.05) is 0 Å². The fraction of sp³-hybridized carbons (Fsp3) is 0.917. The monoisotopic (exact) mass is 232 g/mol. The first-order valence-corrected chi connectivity index (χ1v) is 6.13. The van der Waals surface area contributed by atoms with Gasteiger partial charge in [0.2, 0.25) is 0 Å². The molecule has 15 heavy (non-hydrogen) atoms. The third-order valence-electron chi connectivity index (χ3n) is 3.07. The van der Waals surface area contributed by atoms with Crippen molar-refractivity contribution in [1.29, 1.82) is 0 Å². The number of halogens is 1.